The Morgan fingerprint density at radius 2 is 2.14 bits per heavy atom. The lowest BCUT2D eigenvalue weighted by atomic mass is 10.2. The van der Waals surface area contributed by atoms with Crippen molar-refractivity contribution in [3.63, 3.8) is 0 Å². The fourth-order valence-corrected chi connectivity index (χ4v) is 2.03. The standard InChI is InChI=1S/C10H10BrNO2/c11-9-6-3-1-2-4-8(6)14-10(9)7(13)5-12/h1-4,7,13H,5,12H2. The summed E-state index contributed by atoms with van der Waals surface area (Å²) in [6.45, 7) is 0.151. The monoisotopic (exact) mass is 255 g/mol. The maximum absolute atomic E-state index is 9.56. The van der Waals surface area contributed by atoms with Gasteiger partial charge >= 0.3 is 0 Å². The summed E-state index contributed by atoms with van der Waals surface area (Å²) in [5, 5.41) is 10.5. The van der Waals surface area contributed by atoms with Gasteiger partial charge in [0, 0.05) is 11.9 Å². The van der Waals surface area contributed by atoms with E-state index < -0.39 is 6.10 Å². The van der Waals surface area contributed by atoms with Gasteiger partial charge in [0.15, 0.2) is 0 Å². The molecule has 1 unspecified atom stereocenters. The Balaban J connectivity index is 2.62. The molecule has 2 rings (SSSR count). The van der Waals surface area contributed by atoms with Crippen molar-refractivity contribution in [3.05, 3.63) is 34.5 Å². The molecule has 0 spiro atoms. The Morgan fingerprint density at radius 1 is 1.43 bits per heavy atom. The lowest BCUT2D eigenvalue weighted by molar-refractivity contribution is 0.159. The summed E-state index contributed by atoms with van der Waals surface area (Å²) >= 11 is 3.38. The summed E-state index contributed by atoms with van der Waals surface area (Å²) in [7, 11) is 0. The molecule has 0 aliphatic carbocycles. The Morgan fingerprint density at radius 3 is 2.79 bits per heavy atom. The molecule has 3 N–H and O–H groups in total. The van der Waals surface area contributed by atoms with E-state index in [4.69, 9.17) is 10.2 Å². The summed E-state index contributed by atoms with van der Waals surface area (Å²) in [5.41, 5.74) is 6.12. The maximum atomic E-state index is 9.56. The Hall–Kier alpha value is -0.840. The second-order valence-corrected chi connectivity index (χ2v) is 3.82. The SMILES string of the molecule is NCC(O)c1oc2ccccc2c1Br. The van der Waals surface area contributed by atoms with Gasteiger partial charge in [-0.15, -0.1) is 0 Å². The fraction of sp³-hybridized carbons (Fsp3) is 0.200. The summed E-state index contributed by atoms with van der Waals surface area (Å²) in [6, 6.07) is 7.58. The van der Waals surface area contributed by atoms with Crippen LogP contribution in [0.5, 0.6) is 0 Å². The van der Waals surface area contributed by atoms with Gasteiger partial charge in [0.2, 0.25) is 0 Å². The molecule has 0 amide bonds. The molecule has 0 bridgehead atoms. The fourth-order valence-electron chi connectivity index (χ4n) is 1.35. The van der Waals surface area contributed by atoms with E-state index in [9.17, 15) is 5.11 Å². The number of rotatable bonds is 2. The van der Waals surface area contributed by atoms with Crippen molar-refractivity contribution in [1.82, 2.24) is 0 Å². The third-order valence-electron chi connectivity index (χ3n) is 2.09. The van der Waals surface area contributed by atoms with Crippen LogP contribution in [-0.2, 0) is 0 Å². The molecule has 14 heavy (non-hydrogen) atoms. The summed E-state index contributed by atoms with van der Waals surface area (Å²) < 4.78 is 6.26. The van der Waals surface area contributed by atoms with Gasteiger partial charge in [-0.05, 0) is 28.1 Å². The summed E-state index contributed by atoms with van der Waals surface area (Å²) in [4.78, 5) is 0. The highest BCUT2D eigenvalue weighted by Gasteiger charge is 2.17. The van der Waals surface area contributed by atoms with E-state index in [1.54, 1.807) is 0 Å². The average Bonchev–Trinajstić information content (AvgIpc) is 2.56. The average molecular weight is 256 g/mol. The molecular weight excluding hydrogens is 246 g/mol. The number of benzene rings is 1. The van der Waals surface area contributed by atoms with E-state index in [0.717, 1.165) is 15.4 Å². The zero-order valence-electron chi connectivity index (χ0n) is 7.40. The minimum absolute atomic E-state index is 0.151. The van der Waals surface area contributed by atoms with E-state index in [-0.39, 0.29) is 6.54 Å². The van der Waals surface area contributed by atoms with Crippen molar-refractivity contribution in [3.8, 4) is 0 Å². The van der Waals surface area contributed by atoms with Gasteiger partial charge in [0.25, 0.3) is 0 Å². The lowest BCUT2D eigenvalue weighted by Crippen LogP contribution is -2.10. The van der Waals surface area contributed by atoms with E-state index >= 15 is 0 Å². The molecule has 1 aromatic heterocycles. The molecule has 3 nitrogen and oxygen atoms in total. The zero-order chi connectivity index (χ0) is 10.1. The number of fused-ring (bicyclic) bond motifs is 1. The highest BCUT2D eigenvalue weighted by atomic mass is 79.9. The molecule has 74 valence electrons. The van der Waals surface area contributed by atoms with Crippen LogP contribution in [0.1, 0.15) is 11.9 Å². The lowest BCUT2D eigenvalue weighted by Gasteiger charge is -2.03. The van der Waals surface area contributed by atoms with Crippen LogP contribution in [-0.4, -0.2) is 11.7 Å². The molecule has 0 saturated carbocycles. The predicted octanol–water partition coefficient (Wildman–Crippen LogP) is 2.19. The van der Waals surface area contributed by atoms with Crippen molar-refractivity contribution in [2.45, 2.75) is 6.10 Å². The van der Waals surface area contributed by atoms with Crippen molar-refractivity contribution < 1.29 is 9.52 Å². The van der Waals surface area contributed by atoms with Gasteiger partial charge in [-0.2, -0.15) is 0 Å². The molecule has 1 heterocycles. The second-order valence-electron chi connectivity index (χ2n) is 3.03. The highest BCUT2D eigenvalue weighted by molar-refractivity contribution is 9.10. The molecule has 2 aromatic rings. The molecule has 0 radical (unpaired) electrons. The van der Waals surface area contributed by atoms with Crippen LogP contribution in [0.3, 0.4) is 0 Å². The van der Waals surface area contributed by atoms with Gasteiger partial charge in [-0.25, -0.2) is 0 Å². The summed E-state index contributed by atoms with van der Waals surface area (Å²) in [5.74, 6) is 0.494. The second kappa shape index (κ2) is 3.73. The van der Waals surface area contributed by atoms with E-state index in [2.05, 4.69) is 15.9 Å². The zero-order valence-corrected chi connectivity index (χ0v) is 8.99. The largest absolute Gasteiger partial charge is 0.457 e. The molecular formula is C10H10BrNO2. The first kappa shape index (κ1) is 9.71. The Kier molecular flexibility index (Phi) is 2.58. The number of furan rings is 1. The van der Waals surface area contributed by atoms with Crippen LogP contribution in [0.4, 0.5) is 0 Å². The molecule has 0 saturated heterocycles. The minimum Gasteiger partial charge on any atom is -0.457 e. The van der Waals surface area contributed by atoms with Crippen LogP contribution < -0.4 is 5.73 Å². The van der Waals surface area contributed by atoms with Gasteiger partial charge in [-0.1, -0.05) is 12.1 Å². The van der Waals surface area contributed by atoms with E-state index in [1.165, 1.54) is 0 Å². The van der Waals surface area contributed by atoms with E-state index in [0.29, 0.717) is 5.76 Å². The molecule has 0 fully saturated rings. The number of hydrogen-bond acceptors (Lipinski definition) is 3. The van der Waals surface area contributed by atoms with Crippen molar-refractivity contribution in [2.24, 2.45) is 5.73 Å². The molecule has 0 aliphatic heterocycles. The first-order chi connectivity index (χ1) is 6.74. The van der Waals surface area contributed by atoms with Crippen molar-refractivity contribution in [1.29, 1.82) is 0 Å². The Bertz CT molecular complexity index is 452. The van der Waals surface area contributed by atoms with Gasteiger partial charge in [0.1, 0.15) is 17.4 Å². The first-order valence-corrected chi connectivity index (χ1v) is 5.08. The van der Waals surface area contributed by atoms with Gasteiger partial charge in [-0.3, -0.25) is 0 Å². The number of halogens is 1. The summed E-state index contributed by atoms with van der Waals surface area (Å²) in [6.07, 6.45) is -0.753. The predicted molar refractivity (Wildman–Crippen MR) is 57.9 cm³/mol. The molecule has 1 atom stereocenters. The number of para-hydroxylation sites is 1. The molecule has 4 heteroatoms. The van der Waals surface area contributed by atoms with Crippen LogP contribution >= 0.6 is 15.9 Å². The first-order valence-electron chi connectivity index (χ1n) is 4.29. The highest BCUT2D eigenvalue weighted by Crippen LogP contribution is 2.33. The van der Waals surface area contributed by atoms with Gasteiger partial charge < -0.3 is 15.3 Å². The maximum Gasteiger partial charge on any atom is 0.149 e. The minimum atomic E-state index is -0.753. The molecule has 0 aliphatic rings. The quantitative estimate of drug-likeness (QED) is 0.865. The number of aliphatic hydroxyl groups is 1. The van der Waals surface area contributed by atoms with Crippen LogP contribution in [0.2, 0.25) is 0 Å². The number of hydrogen-bond donors (Lipinski definition) is 2. The van der Waals surface area contributed by atoms with Crippen LogP contribution in [0, 0.1) is 0 Å². The Labute approximate surface area is 89.6 Å². The topological polar surface area (TPSA) is 59.4 Å². The number of aliphatic hydroxyl groups excluding tert-OH is 1. The van der Waals surface area contributed by atoms with Gasteiger partial charge in [0.05, 0.1) is 4.47 Å². The van der Waals surface area contributed by atoms with E-state index in [1.807, 2.05) is 24.3 Å². The number of nitrogens with two attached hydrogens (primary N) is 1. The smallest absolute Gasteiger partial charge is 0.149 e. The molecule has 1 aromatic carbocycles. The normalized spacial score (nSPS) is 13.4. The van der Waals surface area contributed by atoms with Crippen LogP contribution in [0.15, 0.2) is 33.2 Å². The van der Waals surface area contributed by atoms with Crippen molar-refractivity contribution in [2.75, 3.05) is 6.54 Å². The van der Waals surface area contributed by atoms with Crippen LogP contribution in [0.25, 0.3) is 11.0 Å². The van der Waals surface area contributed by atoms with Crippen molar-refractivity contribution >= 4 is 26.9 Å². The third kappa shape index (κ3) is 1.45. The third-order valence-corrected chi connectivity index (χ3v) is 2.90.